The van der Waals surface area contributed by atoms with Gasteiger partial charge in [0.25, 0.3) is 0 Å². The Morgan fingerprint density at radius 3 is 3.09 bits per heavy atom. The molecule has 0 amide bonds. The second-order valence-electron chi connectivity index (χ2n) is 5.56. The molecule has 0 radical (unpaired) electrons. The molecule has 0 unspecified atom stereocenters. The van der Waals surface area contributed by atoms with Crippen molar-refractivity contribution >= 4 is 11.6 Å². The van der Waals surface area contributed by atoms with Crippen molar-refractivity contribution in [3.63, 3.8) is 0 Å². The smallest absolute Gasteiger partial charge is 0.179 e. The molecule has 114 valence electrons. The number of ether oxygens (including phenoxy) is 2. The zero-order valence-electron chi connectivity index (χ0n) is 12.1. The summed E-state index contributed by atoms with van der Waals surface area (Å²) in [7, 11) is 0. The molecule has 0 fully saturated rings. The summed E-state index contributed by atoms with van der Waals surface area (Å²) in [6.07, 6.45) is 4.51. The summed E-state index contributed by atoms with van der Waals surface area (Å²) in [4.78, 5) is 10.8. The molecule has 0 saturated heterocycles. The molecular weight excluding hydrogens is 302 g/mol. The van der Waals surface area contributed by atoms with E-state index in [4.69, 9.17) is 21.1 Å². The minimum absolute atomic E-state index is 0.550. The molecule has 1 aromatic carbocycles. The molecule has 4 rings (SSSR count). The van der Waals surface area contributed by atoms with Crippen LogP contribution in [-0.4, -0.2) is 34.6 Å². The lowest BCUT2D eigenvalue weighted by Gasteiger charge is -2.28. The number of halogens is 1. The van der Waals surface area contributed by atoms with Crippen molar-refractivity contribution in [3.05, 3.63) is 46.5 Å². The highest BCUT2D eigenvalue weighted by Gasteiger charge is 2.20. The van der Waals surface area contributed by atoms with Crippen LogP contribution < -0.4 is 9.47 Å². The maximum absolute atomic E-state index is 6.30. The highest BCUT2D eigenvalue weighted by atomic mass is 35.5. The van der Waals surface area contributed by atoms with Gasteiger partial charge in [0.05, 0.1) is 10.7 Å². The number of rotatable bonds is 2. The third-order valence-corrected chi connectivity index (χ3v) is 4.30. The number of hydrogen-bond acceptors (Lipinski definition) is 5. The first-order valence-electron chi connectivity index (χ1n) is 7.38. The summed E-state index contributed by atoms with van der Waals surface area (Å²) in [5, 5.41) is 0.618. The van der Waals surface area contributed by atoms with Gasteiger partial charge in [-0.2, -0.15) is 0 Å². The molecular formula is C16H16ClN3O2. The normalized spacial score (nSPS) is 17.1. The zero-order chi connectivity index (χ0) is 14.9. The van der Waals surface area contributed by atoms with Crippen LogP contribution in [0.5, 0.6) is 11.5 Å². The van der Waals surface area contributed by atoms with Gasteiger partial charge >= 0.3 is 0 Å². The summed E-state index contributed by atoms with van der Waals surface area (Å²) in [6, 6.07) is 3.99. The molecule has 1 aromatic heterocycles. The minimum atomic E-state index is 0.550. The molecule has 0 aliphatic carbocycles. The second kappa shape index (κ2) is 5.74. The molecule has 0 N–H and O–H groups in total. The van der Waals surface area contributed by atoms with Gasteiger partial charge in [-0.05, 0) is 29.7 Å². The van der Waals surface area contributed by atoms with E-state index in [9.17, 15) is 0 Å². The highest BCUT2D eigenvalue weighted by molar-refractivity contribution is 6.32. The molecule has 0 atom stereocenters. The maximum Gasteiger partial charge on any atom is 0.179 e. The molecule has 2 aliphatic heterocycles. The standard InChI is InChI=1S/C16H16ClN3O2/c17-13-5-11(6-15-16(13)22-4-3-21-15)8-20-2-1-12-7-18-10-19-14(12)9-20/h5-7,10H,1-4,8-9H2. The Hall–Kier alpha value is -1.85. The SMILES string of the molecule is Clc1cc(CN2CCc3cncnc3C2)cc2c1OCCO2. The predicted molar refractivity (Wildman–Crippen MR) is 82.3 cm³/mol. The van der Waals surface area contributed by atoms with Gasteiger partial charge in [-0.3, -0.25) is 4.90 Å². The van der Waals surface area contributed by atoms with Crippen LogP contribution in [0.3, 0.4) is 0 Å². The van der Waals surface area contributed by atoms with Gasteiger partial charge in [0.15, 0.2) is 11.5 Å². The molecule has 5 nitrogen and oxygen atoms in total. The molecule has 22 heavy (non-hydrogen) atoms. The Balaban J connectivity index is 1.54. The van der Waals surface area contributed by atoms with Crippen molar-refractivity contribution in [3.8, 4) is 11.5 Å². The maximum atomic E-state index is 6.30. The van der Waals surface area contributed by atoms with Crippen LogP contribution in [0, 0.1) is 0 Å². The molecule has 2 aliphatic rings. The third-order valence-electron chi connectivity index (χ3n) is 4.01. The van der Waals surface area contributed by atoms with Crippen LogP contribution in [0.2, 0.25) is 5.02 Å². The Morgan fingerprint density at radius 1 is 1.23 bits per heavy atom. The predicted octanol–water partition coefficient (Wildman–Crippen LogP) is 2.46. The van der Waals surface area contributed by atoms with Crippen LogP contribution >= 0.6 is 11.6 Å². The van der Waals surface area contributed by atoms with Crippen LogP contribution in [0.4, 0.5) is 0 Å². The molecule has 0 saturated carbocycles. The van der Waals surface area contributed by atoms with E-state index in [2.05, 4.69) is 14.9 Å². The zero-order valence-corrected chi connectivity index (χ0v) is 12.8. The van der Waals surface area contributed by atoms with Crippen LogP contribution in [0.25, 0.3) is 0 Å². The van der Waals surface area contributed by atoms with E-state index < -0.39 is 0 Å². The van der Waals surface area contributed by atoms with E-state index >= 15 is 0 Å². The Morgan fingerprint density at radius 2 is 2.14 bits per heavy atom. The average Bonchev–Trinajstić information content (AvgIpc) is 2.55. The Bertz CT molecular complexity index is 708. The summed E-state index contributed by atoms with van der Waals surface area (Å²) in [5.41, 5.74) is 3.50. The summed E-state index contributed by atoms with van der Waals surface area (Å²) in [6.45, 7) is 3.77. The quantitative estimate of drug-likeness (QED) is 0.851. The fourth-order valence-electron chi connectivity index (χ4n) is 2.95. The van der Waals surface area contributed by atoms with Crippen LogP contribution in [0.15, 0.2) is 24.7 Å². The third kappa shape index (κ3) is 2.62. The first-order chi connectivity index (χ1) is 10.8. The van der Waals surface area contributed by atoms with Gasteiger partial charge in [0, 0.05) is 25.8 Å². The van der Waals surface area contributed by atoms with E-state index in [1.807, 2.05) is 18.3 Å². The number of fused-ring (bicyclic) bond motifs is 2. The largest absolute Gasteiger partial charge is 0.486 e. The van der Waals surface area contributed by atoms with E-state index in [0.717, 1.165) is 43.1 Å². The Kier molecular flexibility index (Phi) is 3.60. The summed E-state index contributed by atoms with van der Waals surface area (Å²) < 4.78 is 11.2. The second-order valence-corrected chi connectivity index (χ2v) is 5.96. The topological polar surface area (TPSA) is 47.5 Å². The monoisotopic (exact) mass is 317 g/mol. The van der Waals surface area contributed by atoms with Crippen molar-refractivity contribution < 1.29 is 9.47 Å². The number of nitrogens with zero attached hydrogens (tertiary/aromatic N) is 3. The molecule has 3 heterocycles. The van der Waals surface area contributed by atoms with Gasteiger partial charge in [-0.1, -0.05) is 11.6 Å². The van der Waals surface area contributed by atoms with Gasteiger partial charge in [0.2, 0.25) is 0 Å². The molecule has 6 heteroatoms. The lowest BCUT2D eigenvalue weighted by Crippen LogP contribution is -2.31. The van der Waals surface area contributed by atoms with E-state index in [1.54, 1.807) is 6.33 Å². The van der Waals surface area contributed by atoms with Crippen molar-refractivity contribution in [1.82, 2.24) is 14.9 Å². The van der Waals surface area contributed by atoms with Gasteiger partial charge in [-0.25, -0.2) is 9.97 Å². The highest BCUT2D eigenvalue weighted by Crippen LogP contribution is 2.38. The summed E-state index contributed by atoms with van der Waals surface area (Å²) >= 11 is 6.30. The number of aromatic nitrogens is 2. The van der Waals surface area contributed by atoms with E-state index in [0.29, 0.717) is 24.0 Å². The molecule has 0 bridgehead atoms. The lowest BCUT2D eigenvalue weighted by molar-refractivity contribution is 0.171. The van der Waals surface area contributed by atoms with E-state index in [-0.39, 0.29) is 0 Å². The Labute approximate surface area is 133 Å². The van der Waals surface area contributed by atoms with Crippen molar-refractivity contribution in [1.29, 1.82) is 0 Å². The van der Waals surface area contributed by atoms with Gasteiger partial charge in [0.1, 0.15) is 19.5 Å². The minimum Gasteiger partial charge on any atom is -0.486 e. The van der Waals surface area contributed by atoms with Gasteiger partial charge < -0.3 is 9.47 Å². The average molecular weight is 318 g/mol. The molecule has 0 spiro atoms. The van der Waals surface area contributed by atoms with Crippen LogP contribution in [0.1, 0.15) is 16.8 Å². The fraction of sp³-hybridized carbons (Fsp3) is 0.375. The van der Waals surface area contributed by atoms with Crippen LogP contribution in [-0.2, 0) is 19.5 Å². The number of benzene rings is 1. The first-order valence-corrected chi connectivity index (χ1v) is 7.75. The first kappa shape index (κ1) is 13.8. The van der Waals surface area contributed by atoms with Crippen molar-refractivity contribution in [2.45, 2.75) is 19.5 Å². The van der Waals surface area contributed by atoms with Crippen molar-refractivity contribution in [2.75, 3.05) is 19.8 Å². The number of hydrogen-bond donors (Lipinski definition) is 0. The van der Waals surface area contributed by atoms with Crippen molar-refractivity contribution in [2.24, 2.45) is 0 Å². The summed E-state index contributed by atoms with van der Waals surface area (Å²) in [5.74, 6) is 1.40. The molecule has 2 aromatic rings. The fourth-order valence-corrected chi connectivity index (χ4v) is 3.24. The lowest BCUT2D eigenvalue weighted by atomic mass is 10.1. The van der Waals surface area contributed by atoms with E-state index in [1.165, 1.54) is 5.56 Å². The van der Waals surface area contributed by atoms with Gasteiger partial charge in [-0.15, -0.1) is 0 Å².